The van der Waals surface area contributed by atoms with E-state index in [1.54, 1.807) is 33.9 Å². The smallest absolute Gasteiger partial charge is 0.291 e. The third kappa shape index (κ3) is 4.68. The van der Waals surface area contributed by atoms with Gasteiger partial charge in [0.15, 0.2) is 5.76 Å². The van der Waals surface area contributed by atoms with Crippen LogP contribution in [0.5, 0.6) is 0 Å². The molecule has 34 heavy (non-hydrogen) atoms. The summed E-state index contributed by atoms with van der Waals surface area (Å²) in [4.78, 5) is 35.0. The number of carbonyl (C=O) groups excluding carboxylic acids is 2. The van der Waals surface area contributed by atoms with Crippen molar-refractivity contribution in [3.8, 4) is 0 Å². The van der Waals surface area contributed by atoms with Gasteiger partial charge in [-0.05, 0) is 38.1 Å². The van der Waals surface area contributed by atoms with Gasteiger partial charge >= 0.3 is 0 Å². The van der Waals surface area contributed by atoms with Crippen molar-refractivity contribution in [1.82, 2.24) is 9.80 Å². The summed E-state index contributed by atoms with van der Waals surface area (Å²) in [5.74, 6) is -0.706. The van der Waals surface area contributed by atoms with Gasteiger partial charge in [0.1, 0.15) is 5.58 Å². The minimum Gasteiger partial charge on any atom is -0.451 e. The first kappa shape index (κ1) is 23.5. The molecule has 176 valence electrons. The first-order chi connectivity index (χ1) is 16.3. The van der Waals surface area contributed by atoms with Crippen LogP contribution >= 0.6 is 11.6 Å². The summed E-state index contributed by atoms with van der Waals surface area (Å²) in [7, 11) is 1.76. The molecule has 1 aliphatic heterocycles. The first-order valence-electron chi connectivity index (χ1n) is 11.0. The maximum atomic E-state index is 13.1. The third-order valence-electron chi connectivity index (χ3n) is 5.99. The average Bonchev–Trinajstić information content (AvgIpc) is 3.17. The number of nitrogens with one attached hydrogen (secondary N) is 1. The lowest BCUT2D eigenvalue weighted by Gasteiger charge is -2.39. The van der Waals surface area contributed by atoms with Gasteiger partial charge in [-0.2, -0.15) is 0 Å². The van der Waals surface area contributed by atoms with Crippen LogP contribution < -0.4 is 4.90 Å². The Hall–Kier alpha value is -3.65. The van der Waals surface area contributed by atoms with Crippen molar-refractivity contribution in [3.05, 3.63) is 64.9 Å². The van der Waals surface area contributed by atoms with Gasteiger partial charge in [0.05, 0.1) is 6.34 Å². The highest BCUT2D eigenvalue weighted by molar-refractivity contribution is 6.38. The molecular formula is C25H26ClN5O3. The molecule has 1 aromatic heterocycles. The van der Waals surface area contributed by atoms with Gasteiger partial charge in [-0.1, -0.05) is 35.9 Å². The molecule has 2 amide bonds. The Bertz CT molecular complexity index is 1280. The minimum atomic E-state index is -0.477. The van der Waals surface area contributed by atoms with E-state index in [0.717, 1.165) is 16.6 Å². The number of carbonyl (C=O) groups is 2. The number of amidine groups is 1. The fraction of sp³-hybridized carbons (Fsp3) is 0.280. The van der Waals surface area contributed by atoms with E-state index in [2.05, 4.69) is 4.99 Å². The Balaban J connectivity index is 1.39. The number of anilines is 1. The standard InChI is InChI=1S/C25H26ClN5O3/c1-16-14-30(24(32)22-17(2)20-9-4-5-10-21(20)34-22)11-12-31(16)25(33)23(27)28-15-29(3)19-8-6-7-18(26)13-19/h4-10,13,15-16,27H,11-12,14H2,1-3H3. The summed E-state index contributed by atoms with van der Waals surface area (Å²) < 4.78 is 5.82. The lowest BCUT2D eigenvalue weighted by Crippen LogP contribution is -2.56. The number of fused-ring (bicyclic) bond motifs is 1. The molecule has 1 fully saturated rings. The second kappa shape index (κ2) is 9.69. The number of aryl methyl sites for hydroxylation is 1. The Morgan fingerprint density at radius 1 is 1.21 bits per heavy atom. The number of furan rings is 1. The predicted octanol–water partition coefficient (Wildman–Crippen LogP) is 4.21. The lowest BCUT2D eigenvalue weighted by molar-refractivity contribution is -0.128. The number of nitrogens with zero attached hydrogens (tertiary/aromatic N) is 4. The number of aliphatic imine (C=N–C) groups is 1. The maximum absolute atomic E-state index is 13.1. The third-order valence-corrected chi connectivity index (χ3v) is 6.23. The van der Waals surface area contributed by atoms with Crippen LogP contribution in [-0.4, -0.2) is 66.5 Å². The molecule has 0 saturated carbocycles. The van der Waals surface area contributed by atoms with Crippen LogP contribution in [0.25, 0.3) is 11.0 Å². The Morgan fingerprint density at radius 2 is 1.97 bits per heavy atom. The normalized spacial score (nSPS) is 16.3. The van der Waals surface area contributed by atoms with E-state index in [9.17, 15) is 9.59 Å². The van der Waals surface area contributed by atoms with Gasteiger partial charge < -0.3 is 19.1 Å². The summed E-state index contributed by atoms with van der Waals surface area (Å²) in [6.07, 6.45) is 1.42. The van der Waals surface area contributed by atoms with E-state index in [0.29, 0.717) is 36.0 Å². The minimum absolute atomic E-state index is 0.191. The second-order valence-corrected chi connectivity index (χ2v) is 8.77. The van der Waals surface area contributed by atoms with Crippen molar-refractivity contribution in [1.29, 1.82) is 5.41 Å². The van der Waals surface area contributed by atoms with Gasteiger partial charge in [-0.3, -0.25) is 15.0 Å². The molecule has 4 rings (SSSR count). The number of piperazine rings is 1. The fourth-order valence-corrected chi connectivity index (χ4v) is 4.25. The van der Waals surface area contributed by atoms with Crippen LogP contribution in [-0.2, 0) is 4.79 Å². The molecule has 2 heterocycles. The van der Waals surface area contributed by atoms with E-state index in [1.165, 1.54) is 6.34 Å². The molecule has 1 aliphatic rings. The van der Waals surface area contributed by atoms with Gasteiger partial charge in [0.2, 0.25) is 5.84 Å². The first-order valence-corrected chi connectivity index (χ1v) is 11.3. The number of hydrogen-bond acceptors (Lipinski definition) is 4. The molecule has 1 saturated heterocycles. The van der Waals surface area contributed by atoms with Crippen LogP contribution in [0.1, 0.15) is 23.0 Å². The average molecular weight is 480 g/mol. The van der Waals surface area contributed by atoms with Crippen LogP contribution in [0.3, 0.4) is 0 Å². The lowest BCUT2D eigenvalue weighted by atomic mass is 10.1. The zero-order chi connectivity index (χ0) is 24.4. The van der Waals surface area contributed by atoms with Crippen molar-refractivity contribution >= 4 is 52.2 Å². The molecule has 1 atom stereocenters. The Labute approximate surface area is 202 Å². The fourth-order valence-electron chi connectivity index (χ4n) is 4.06. The second-order valence-electron chi connectivity index (χ2n) is 8.34. The van der Waals surface area contributed by atoms with Crippen molar-refractivity contribution in [3.63, 3.8) is 0 Å². The molecule has 3 aromatic rings. The van der Waals surface area contributed by atoms with Crippen LogP contribution in [0, 0.1) is 12.3 Å². The molecule has 0 spiro atoms. The van der Waals surface area contributed by atoms with Crippen LogP contribution in [0.4, 0.5) is 5.69 Å². The number of benzene rings is 2. The van der Waals surface area contributed by atoms with E-state index in [1.807, 2.05) is 50.2 Å². The van der Waals surface area contributed by atoms with Crippen molar-refractivity contribution in [2.75, 3.05) is 31.6 Å². The summed E-state index contributed by atoms with van der Waals surface area (Å²) in [6.45, 7) is 4.75. The summed E-state index contributed by atoms with van der Waals surface area (Å²) in [6, 6.07) is 14.5. The molecule has 0 aliphatic carbocycles. The van der Waals surface area contributed by atoms with Gasteiger partial charge in [-0.25, -0.2) is 4.99 Å². The van der Waals surface area contributed by atoms with Crippen LogP contribution in [0.2, 0.25) is 5.02 Å². The number of halogens is 1. The van der Waals surface area contributed by atoms with Crippen molar-refractivity contribution in [2.45, 2.75) is 19.9 Å². The summed E-state index contributed by atoms with van der Waals surface area (Å²) >= 11 is 6.01. The largest absolute Gasteiger partial charge is 0.451 e. The highest BCUT2D eigenvalue weighted by Crippen LogP contribution is 2.26. The quantitative estimate of drug-likeness (QED) is 0.450. The number of para-hydroxylation sites is 1. The monoisotopic (exact) mass is 479 g/mol. The van der Waals surface area contributed by atoms with E-state index < -0.39 is 5.91 Å². The zero-order valence-corrected chi connectivity index (χ0v) is 20.0. The van der Waals surface area contributed by atoms with Gasteiger partial charge in [0, 0.05) is 54.4 Å². The Kier molecular flexibility index (Phi) is 6.70. The number of rotatable bonds is 3. The van der Waals surface area contributed by atoms with E-state index in [4.69, 9.17) is 21.4 Å². The van der Waals surface area contributed by atoms with Crippen LogP contribution in [0.15, 0.2) is 57.9 Å². The molecule has 2 aromatic carbocycles. The van der Waals surface area contributed by atoms with Crippen molar-refractivity contribution in [2.24, 2.45) is 4.99 Å². The SMILES string of the molecule is Cc1c(C(=O)N2CCN(C(=O)C(=N)N=CN(C)c3cccc(Cl)c3)C(C)C2)oc2ccccc12. The van der Waals surface area contributed by atoms with E-state index in [-0.39, 0.29) is 17.8 Å². The van der Waals surface area contributed by atoms with E-state index >= 15 is 0 Å². The van der Waals surface area contributed by atoms with Gasteiger partial charge in [-0.15, -0.1) is 0 Å². The summed E-state index contributed by atoms with van der Waals surface area (Å²) in [5.41, 5.74) is 2.28. The summed E-state index contributed by atoms with van der Waals surface area (Å²) in [5, 5.41) is 9.65. The highest BCUT2D eigenvalue weighted by atomic mass is 35.5. The Morgan fingerprint density at radius 3 is 2.68 bits per heavy atom. The maximum Gasteiger partial charge on any atom is 0.291 e. The molecule has 1 N–H and O–H groups in total. The highest BCUT2D eigenvalue weighted by Gasteiger charge is 2.33. The molecular weight excluding hydrogens is 454 g/mol. The number of amides is 2. The molecule has 9 heteroatoms. The molecule has 8 nitrogen and oxygen atoms in total. The molecule has 0 radical (unpaired) electrons. The topological polar surface area (TPSA) is 93.2 Å². The predicted molar refractivity (Wildman–Crippen MR) is 134 cm³/mol. The molecule has 0 bridgehead atoms. The van der Waals surface area contributed by atoms with Gasteiger partial charge in [0.25, 0.3) is 11.8 Å². The molecule has 1 unspecified atom stereocenters. The van der Waals surface area contributed by atoms with Crippen molar-refractivity contribution < 1.29 is 14.0 Å². The number of hydrogen-bond donors (Lipinski definition) is 1. The zero-order valence-electron chi connectivity index (χ0n) is 19.3.